The number of nitrogens with one attached hydrogen (secondary N) is 1. The van der Waals surface area contributed by atoms with Crippen LogP contribution in [-0.2, 0) is 11.3 Å². The van der Waals surface area contributed by atoms with Crippen LogP contribution in [0.5, 0.6) is 5.75 Å². The number of anilines is 1. The quantitative estimate of drug-likeness (QED) is 0.796. The van der Waals surface area contributed by atoms with Gasteiger partial charge in [-0.15, -0.1) is 0 Å². The van der Waals surface area contributed by atoms with Gasteiger partial charge in [-0.05, 0) is 74.8 Å². The van der Waals surface area contributed by atoms with Crippen molar-refractivity contribution in [2.24, 2.45) is 0 Å². The van der Waals surface area contributed by atoms with Crippen LogP contribution in [0.3, 0.4) is 0 Å². The molecule has 1 atom stereocenters. The maximum absolute atomic E-state index is 12.3. The lowest BCUT2D eigenvalue weighted by Gasteiger charge is -2.26. The minimum atomic E-state index is -0.593. The van der Waals surface area contributed by atoms with Gasteiger partial charge in [-0.3, -0.25) is 9.69 Å². The van der Waals surface area contributed by atoms with E-state index in [9.17, 15) is 4.79 Å². The van der Waals surface area contributed by atoms with Crippen molar-refractivity contribution in [3.05, 3.63) is 59.1 Å². The van der Waals surface area contributed by atoms with Gasteiger partial charge in [0.15, 0.2) is 6.10 Å². The molecule has 1 aliphatic heterocycles. The maximum atomic E-state index is 12.3. The summed E-state index contributed by atoms with van der Waals surface area (Å²) >= 11 is 5.85. The van der Waals surface area contributed by atoms with E-state index in [4.69, 9.17) is 16.3 Å². The second-order valence-corrected chi connectivity index (χ2v) is 7.17. The Morgan fingerprint density at radius 1 is 1.08 bits per heavy atom. The molecule has 0 saturated carbocycles. The molecular weight excluding hydrogens is 348 g/mol. The Labute approximate surface area is 160 Å². The molecule has 138 valence electrons. The zero-order chi connectivity index (χ0) is 18.4. The summed E-state index contributed by atoms with van der Waals surface area (Å²) in [6, 6.07) is 15.0. The van der Waals surface area contributed by atoms with E-state index < -0.39 is 6.10 Å². The number of amides is 1. The highest BCUT2D eigenvalue weighted by Crippen LogP contribution is 2.18. The number of carbonyl (C=O) groups excluding carboxylic acids is 1. The molecule has 26 heavy (non-hydrogen) atoms. The SMILES string of the molecule is CC(Oc1ccc(Cl)cc1)C(=O)Nc1ccc(CN2CCCCC2)cc1. The van der Waals surface area contributed by atoms with Gasteiger partial charge in [0, 0.05) is 17.3 Å². The van der Waals surface area contributed by atoms with E-state index in [1.165, 1.54) is 37.9 Å². The summed E-state index contributed by atoms with van der Waals surface area (Å²) in [7, 11) is 0. The fourth-order valence-electron chi connectivity index (χ4n) is 3.08. The van der Waals surface area contributed by atoms with Crippen molar-refractivity contribution in [2.75, 3.05) is 18.4 Å². The van der Waals surface area contributed by atoms with Crippen molar-refractivity contribution >= 4 is 23.2 Å². The van der Waals surface area contributed by atoms with E-state index in [0.29, 0.717) is 10.8 Å². The normalized spacial score (nSPS) is 16.1. The molecule has 1 saturated heterocycles. The molecule has 3 rings (SSSR count). The van der Waals surface area contributed by atoms with Gasteiger partial charge in [0.05, 0.1) is 0 Å². The van der Waals surface area contributed by atoms with Crippen molar-refractivity contribution < 1.29 is 9.53 Å². The van der Waals surface area contributed by atoms with Crippen molar-refractivity contribution in [2.45, 2.75) is 38.8 Å². The number of likely N-dealkylation sites (tertiary alicyclic amines) is 1. The monoisotopic (exact) mass is 372 g/mol. The number of nitrogens with zero attached hydrogens (tertiary/aromatic N) is 1. The van der Waals surface area contributed by atoms with E-state index in [1.54, 1.807) is 31.2 Å². The van der Waals surface area contributed by atoms with Crippen LogP contribution >= 0.6 is 11.6 Å². The number of carbonyl (C=O) groups is 1. The average Bonchev–Trinajstić information content (AvgIpc) is 2.66. The van der Waals surface area contributed by atoms with Crippen LogP contribution < -0.4 is 10.1 Å². The zero-order valence-corrected chi connectivity index (χ0v) is 15.8. The van der Waals surface area contributed by atoms with E-state index in [0.717, 1.165) is 12.2 Å². The summed E-state index contributed by atoms with van der Waals surface area (Å²) in [6.45, 7) is 5.06. The van der Waals surface area contributed by atoms with Crippen molar-refractivity contribution in [1.82, 2.24) is 4.90 Å². The lowest BCUT2D eigenvalue weighted by molar-refractivity contribution is -0.122. The van der Waals surface area contributed by atoms with Crippen molar-refractivity contribution in [3.8, 4) is 5.75 Å². The number of piperidine rings is 1. The fourth-order valence-corrected chi connectivity index (χ4v) is 3.21. The van der Waals surface area contributed by atoms with Crippen LogP contribution in [0.4, 0.5) is 5.69 Å². The van der Waals surface area contributed by atoms with E-state index in [1.807, 2.05) is 12.1 Å². The first-order valence-corrected chi connectivity index (χ1v) is 9.52. The highest BCUT2D eigenvalue weighted by molar-refractivity contribution is 6.30. The summed E-state index contributed by atoms with van der Waals surface area (Å²) in [5, 5.41) is 3.54. The summed E-state index contributed by atoms with van der Waals surface area (Å²) < 4.78 is 5.65. The molecule has 1 N–H and O–H groups in total. The topological polar surface area (TPSA) is 41.6 Å². The van der Waals surface area contributed by atoms with E-state index in [-0.39, 0.29) is 5.91 Å². The third-order valence-corrected chi connectivity index (χ3v) is 4.82. The highest BCUT2D eigenvalue weighted by atomic mass is 35.5. The van der Waals surface area contributed by atoms with Gasteiger partial charge in [0.25, 0.3) is 5.91 Å². The van der Waals surface area contributed by atoms with Crippen molar-refractivity contribution in [3.63, 3.8) is 0 Å². The summed E-state index contributed by atoms with van der Waals surface area (Å²) in [4.78, 5) is 14.8. The summed E-state index contributed by atoms with van der Waals surface area (Å²) in [5.41, 5.74) is 2.05. The molecule has 1 unspecified atom stereocenters. The van der Waals surface area contributed by atoms with Crippen LogP contribution in [0.2, 0.25) is 5.02 Å². The molecule has 4 nitrogen and oxygen atoms in total. The van der Waals surface area contributed by atoms with Gasteiger partial charge in [-0.25, -0.2) is 0 Å². The van der Waals surface area contributed by atoms with Crippen LogP contribution in [0.25, 0.3) is 0 Å². The molecule has 0 aromatic heterocycles. The second-order valence-electron chi connectivity index (χ2n) is 6.74. The lowest BCUT2D eigenvalue weighted by Crippen LogP contribution is -2.30. The molecule has 1 aliphatic rings. The molecule has 0 bridgehead atoms. The predicted molar refractivity (Wildman–Crippen MR) is 106 cm³/mol. The number of ether oxygens (including phenoxy) is 1. The number of hydrogen-bond acceptors (Lipinski definition) is 3. The van der Waals surface area contributed by atoms with Crippen molar-refractivity contribution in [1.29, 1.82) is 0 Å². The first kappa shape index (κ1) is 18.7. The van der Waals surface area contributed by atoms with Crippen LogP contribution in [0, 0.1) is 0 Å². The standard InChI is InChI=1S/C21H25ClN2O2/c1-16(26-20-11-7-18(22)8-12-20)21(25)23-19-9-5-17(6-10-19)15-24-13-3-2-4-14-24/h5-12,16H,2-4,13-15H2,1H3,(H,23,25). The van der Waals surface area contributed by atoms with E-state index in [2.05, 4.69) is 22.3 Å². The largest absolute Gasteiger partial charge is 0.481 e. The third kappa shape index (κ3) is 5.48. The molecule has 1 amide bonds. The molecule has 1 fully saturated rings. The minimum absolute atomic E-state index is 0.177. The molecule has 5 heteroatoms. The summed E-state index contributed by atoms with van der Waals surface area (Å²) in [5.74, 6) is 0.442. The Balaban J connectivity index is 1.50. The Hall–Kier alpha value is -2.04. The molecule has 0 aliphatic carbocycles. The van der Waals surface area contributed by atoms with E-state index >= 15 is 0 Å². The number of benzene rings is 2. The Morgan fingerprint density at radius 2 is 1.73 bits per heavy atom. The average molecular weight is 373 g/mol. The second kappa shape index (κ2) is 9.06. The van der Waals surface area contributed by atoms with Crippen LogP contribution in [0.15, 0.2) is 48.5 Å². The van der Waals surface area contributed by atoms with Crippen LogP contribution in [-0.4, -0.2) is 30.0 Å². The molecular formula is C21H25ClN2O2. The van der Waals surface area contributed by atoms with Gasteiger partial charge >= 0.3 is 0 Å². The van der Waals surface area contributed by atoms with Gasteiger partial charge in [-0.1, -0.05) is 30.2 Å². The number of halogens is 1. The molecule has 1 heterocycles. The number of hydrogen-bond donors (Lipinski definition) is 1. The third-order valence-electron chi connectivity index (χ3n) is 4.57. The highest BCUT2D eigenvalue weighted by Gasteiger charge is 2.15. The fraction of sp³-hybridized carbons (Fsp3) is 0.381. The molecule has 0 radical (unpaired) electrons. The van der Waals surface area contributed by atoms with Gasteiger partial charge in [-0.2, -0.15) is 0 Å². The first-order valence-electron chi connectivity index (χ1n) is 9.14. The zero-order valence-electron chi connectivity index (χ0n) is 15.1. The minimum Gasteiger partial charge on any atom is -0.481 e. The predicted octanol–water partition coefficient (Wildman–Crippen LogP) is 4.73. The van der Waals surface area contributed by atoms with Gasteiger partial charge < -0.3 is 10.1 Å². The molecule has 2 aromatic rings. The van der Waals surface area contributed by atoms with Gasteiger partial charge in [0.1, 0.15) is 5.75 Å². The summed E-state index contributed by atoms with van der Waals surface area (Å²) in [6.07, 6.45) is 3.33. The van der Waals surface area contributed by atoms with Crippen LogP contribution in [0.1, 0.15) is 31.7 Å². The Morgan fingerprint density at radius 3 is 2.38 bits per heavy atom. The molecule has 2 aromatic carbocycles. The first-order chi connectivity index (χ1) is 12.6. The van der Waals surface area contributed by atoms with Gasteiger partial charge in [0.2, 0.25) is 0 Å². The Kier molecular flexibility index (Phi) is 6.53. The lowest BCUT2D eigenvalue weighted by atomic mass is 10.1. The maximum Gasteiger partial charge on any atom is 0.265 e. The Bertz CT molecular complexity index is 710. The smallest absolute Gasteiger partial charge is 0.265 e. The molecule has 0 spiro atoms. The number of rotatable bonds is 6.